The number of hydrogen-bond acceptors (Lipinski definition) is 4. The summed E-state index contributed by atoms with van der Waals surface area (Å²) in [5.74, 6) is -0.0979. The van der Waals surface area contributed by atoms with Gasteiger partial charge in [-0.1, -0.05) is 32.9 Å². The van der Waals surface area contributed by atoms with Crippen LogP contribution in [-0.4, -0.2) is 26.1 Å². The van der Waals surface area contributed by atoms with Gasteiger partial charge in [0, 0.05) is 10.3 Å². The highest BCUT2D eigenvalue weighted by Crippen LogP contribution is 2.37. The van der Waals surface area contributed by atoms with E-state index in [0.29, 0.717) is 5.56 Å². The van der Waals surface area contributed by atoms with Crippen molar-refractivity contribution in [3.8, 4) is 0 Å². The number of benzene rings is 1. The van der Waals surface area contributed by atoms with Crippen LogP contribution in [-0.2, 0) is 4.79 Å². The summed E-state index contributed by atoms with van der Waals surface area (Å²) in [5.41, 5.74) is -4.40. The van der Waals surface area contributed by atoms with Gasteiger partial charge in [-0.15, -0.1) is 0 Å². The zero-order valence-corrected chi connectivity index (χ0v) is 13.6. The number of carbonyl (C=O) groups is 1. The normalized spacial score (nSPS) is 13.8. The van der Waals surface area contributed by atoms with E-state index in [2.05, 4.69) is 10.1 Å². The van der Waals surface area contributed by atoms with Crippen molar-refractivity contribution in [1.82, 2.24) is 14.8 Å². The van der Waals surface area contributed by atoms with Crippen LogP contribution in [0.25, 0.3) is 0 Å². The minimum absolute atomic E-state index is 0.0711. The monoisotopic (exact) mass is 343 g/mol. The van der Waals surface area contributed by atoms with E-state index in [1.807, 2.05) is 0 Å². The second-order valence-corrected chi connectivity index (χ2v) is 7.15. The molecule has 0 saturated heterocycles. The van der Waals surface area contributed by atoms with Crippen LogP contribution in [0.2, 0.25) is 0 Å². The number of halogens is 3. The summed E-state index contributed by atoms with van der Waals surface area (Å²) in [4.78, 5) is 16.6. The SMILES string of the molecule is CC(C)(C)C(=O)C(c1ccc(SC(F)(F)F)cc1)n1cncn1. The van der Waals surface area contributed by atoms with Crippen molar-refractivity contribution in [3.05, 3.63) is 42.5 Å². The van der Waals surface area contributed by atoms with Gasteiger partial charge in [-0.05, 0) is 29.5 Å². The zero-order chi connectivity index (χ0) is 17.3. The van der Waals surface area contributed by atoms with Crippen LogP contribution >= 0.6 is 11.8 Å². The largest absolute Gasteiger partial charge is 0.446 e. The fraction of sp³-hybridized carbons (Fsp3) is 0.400. The van der Waals surface area contributed by atoms with E-state index in [-0.39, 0.29) is 22.4 Å². The van der Waals surface area contributed by atoms with Crippen LogP contribution < -0.4 is 0 Å². The third kappa shape index (κ3) is 4.57. The van der Waals surface area contributed by atoms with Gasteiger partial charge in [0.05, 0.1) is 0 Å². The standard InChI is InChI=1S/C15H16F3N3OS/c1-14(2,3)13(22)12(21-9-19-8-20-21)10-4-6-11(7-5-10)23-15(16,17)18/h4-9,12H,1-3H3. The first kappa shape index (κ1) is 17.5. The molecule has 0 bridgehead atoms. The van der Waals surface area contributed by atoms with E-state index in [1.165, 1.54) is 41.6 Å². The minimum Gasteiger partial charge on any atom is -0.296 e. The molecule has 1 atom stereocenters. The van der Waals surface area contributed by atoms with Crippen molar-refractivity contribution in [2.75, 3.05) is 0 Å². The van der Waals surface area contributed by atoms with Gasteiger partial charge < -0.3 is 0 Å². The highest BCUT2D eigenvalue weighted by molar-refractivity contribution is 8.00. The molecule has 4 nitrogen and oxygen atoms in total. The fourth-order valence-corrected chi connectivity index (χ4v) is 2.58. The molecule has 1 aromatic heterocycles. The molecule has 8 heteroatoms. The Bertz CT molecular complexity index is 661. The Morgan fingerprint density at radius 1 is 1.17 bits per heavy atom. The first-order valence-electron chi connectivity index (χ1n) is 6.82. The summed E-state index contributed by atoms with van der Waals surface area (Å²) in [5, 5.41) is 4.01. The number of nitrogens with zero attached hydrogens (tertiary/aromatic N) is 3. The summed E-state index contributed by atoms with van der Waals surface area (Å²) < 4.78 is 38.6. The third-order valence-electron chi connectivity index (χ3n) is 3.12. The van der Waals surface area contributed by atoms with Crippen LogP contribution in [0.15, 0.2) is 41.8 Å². The molecular weight excluding hydrogens is 327 g/mol. The number of hydrogen-bond donors (Lipinski definition) is 0. The highest BCUT2D eigenvalue weighted by Gasteiger charge is 2.33. The molecule has 1 aromatic carbocycles. The first-order chi connectivity index (χ1) is 10.6. The topological polar surface area (TPSA) is 47.8 Å². The van der Waals surface area contributed by atoms with E-state index in [0.717, 1.165) is 0 Å². The van der Waals surface area contributed by atoms with Crippen LogP contribution in [0.5, 0.6) is 0 Å². The molecule has 0 aliphatic heterocycles. The molecule has 2 rings (SSSR count). The van der Waals surface area contributed by atoms with E-state index in [1.54, 1.807) is 20.8 Å². The lowest BCUT2D eigenvalue weighted by molar-refractivity contribution is -0.128. The Morgan fingerprint density at radius 3 is 2.22 bits per heavy atom. The number of carbonyl (C=O) groups excluding carboxylic acids is 1. The lowest BCUT2D eigenvalue weighted by atomic mass is 9.84. The number of rotatable bonds is 4. The maximum Gasteiger partial charge on any atom is 0.446 e. The summed E-state index contributed by atoms with van der Waals surface area (Å²) in [6, 6.07) is 5.02. The molecule has 0 fully saturated rings. The zero-order valence-electron chi connectivity index (χ0n) is 12.8. The number of thioether (sulfide) groups is 1. The summed E-state index contributed by atoms with van der Waals surface area (Å²) >= 11 is -0.187. The van der Waals surface area contributed by atoms with Crippen molar-refractivity contribution in [2.45, 2.75) is 37.2 Å². The molecule has 0 amide bonds. The predicted molar refractivity (Wildman–Crippen MR) is 81.0 cm³/mol. The van der Waals surface area contributed by atoms with Crippen LogP contribution in [0.3, 0.4) is 0 Å². The van der Waals surface area contributed by atoms with E-state index in [9.17, 15) is 18.0 Å². The lowest BCUT2D eigenvalue weighted by Crippen LogP contribution is -2.31. The third-order valence-corrected chi connectivity index (χ3v) is 3.86. The van der Waals surface area contributed by atoms with Crippen molar-refractivity contribution in [1.29, 1.82) is 0 Å². The molecule has 124 valence electrons. The average molecular weight is 343 g/mol. The molecule has 0 aliphatic carbocycles. The lowest BCUT2D eigenvalue weighted by Gasteiger charge is -2.25. The van der Waals surface area contributed by atoms with E-state index >= 15 is 0 Å². The maximum absolute atomic E-state index is 12.7. The van der Waals surface area contributed by atoms with Crippen molar-refractivity contribution >= 4 is 17.5 Å². The van der Waals surface area contributed by atoms with Crippen molar-refractivity contribution in [3.63, 3.8) is 0 Å². The molecule has 0 saturated carbocycles. The Balaban J connectivity index is 2.35. The number of Topliss-reactive ketones (excluding diaryl/α,β-unsaturated/α-hetero) is 1. The second kappa shape index (κ2) is 6.35. The van der Waals surface area contributed by atoms with Gasteiger partial charge in [-0.2, -0.15) is 18.3 Å². The minimum atomic E-state index is -4.34. The van der Waals surface area contributed by atoms with Crippen molar-refractivity contribution < 1.29 is 18.0 Å². The highest BCUT2D eigenvalue weighted by atomic mass is 32.2. The molecule has 2 aromatic rings. The first-order valence-corrected chi connectivity index (χ1v) is 7.64. The number of aromatic nitrogens is 3. The summed E-state index contributed by atoms with van der Waals surface area (Å²) in [6.45, 7) is 5.35. The van der Waals surface area contributed by atoms with E-state index in [4.69, 9.17) is 0 Å². The van der Waals surface area contributed by atoms with Crippen LogP contribution in [0.4, 0.5) is 13.2 Å². The molecule has 23 heavy (non-hydrogen) atoms. The second-order valence-electron chi connectivity index (χ2n) is 6.01. The van der Waals surface area contributed by atoms with Gasteiger partial charge in [-0.3, -0.25) is 4.79 Å². The average Bonchev–Trinajstić information content (AvgIpc) is 2.92. The summed E-state index contributed by atoms with van der Waals surface area (Å²) in [6.07, 6.45) is 2.74. The summed E-state index contributed by atoms with van der Waals surface area (Å²) in [7, 11) is 0. The molecule has 1 unspecified atom stereocenters. The fourth-order valence-electron chi connectivity index (χ4n) is 2.04. The van der Waals surface area contributed by atoms with Crippen LogP contribution in [0.1, 0.15) is 32.4 Å². The van der Waals surface area contributed by atoms with Gasteiger partial charge in [-0.25, -0.2) is 9.67 Å². The van der Waals surface area contributed by atoms with Gasteiger partial charge in [0.1, 0.15) is 18.7 Å². The Morgan fingerprint density at radius 2 is 1.78 bits per heavy atom. The molecular formula is C15H16F3N3OS. The molecule has 0 radical (unpaired) electrons. The van der Waals surface area contributed by atoms with Gasteiger partial charge in [0.25, 0.3) is 0 Å². The Hall–Kier alpha value is -1.83. The maximum atomic E-state index is 12.7. The Labute approximate surface area is 136 Å². The predicted octanol–water partition coefficient (Wildman–Crippen LogP) is 4.09. The molecule has 1 heterocycles. The molecule has 0 N–H and O–H groups in total. The van der Waals surface area contributed by atoms with Crippen molar-refractivity contribution in [2.24, 2.45) is 5.41 Å². The molecule has 0 aliphatic rings. The number of ketones is 1. The van der Waals surface area contributed by atoms with Gasteiger partial charge in [0.15, 0.2) is 5.78 Å². The smallest absolute Gasteiger partial charge is 0.296 e. The molecule has 0 spiro atoms. The number of alkyl halides is 3. The Kier molecular flexibility index (Phi) is 4.84. The van der Waals surface area contributed by atoms with Gasteiger partial charge in [0.2, 0.25) is 0 Å². The van der Waals surface area contributed by atoms with Gasteiger partial charge >= 0.3 is 5.51 Å². The van der Waals surface area contributed by atoms with Crippen LogP contribution in [0, 0.1) is 5.41 Å². The van der Waals surface area contributed by atoms with E-state index < -0.39 is 17.0 Å². The quantitative estimate of drug-likeness (QED) is 0.785.